The van der Waals surface area contributed by atoms with Crippen molar-refractivity contribution in [3.05, 3.63) is 41.5 Å². The molecular weight excluding hydrogens is 266 g/mol. The van der Waals surface area contributed by atoms with E-state index < -0.39 is 0 Å². The molecule has 0 saturated carbocycles. The Morgan fingerprint density at radius 3 is 2.00 bits per heavy atom. The Hall–Kier alpha value is -1.29. The molecule has 2 rings (SSSR count). The summed E-state index contributed by atoms with van der Waals surface area (Å²) in [5.74, 6) is 2.25. The third-order valence-electron chi connectivity index (χ3n) is 2.23. The van der Waals surface area contributed by atoms with Gasteiger partial charge in [-0.15, -0.1) is 0 Å². The molecule has 0 aliphatic rings. The van der Waals surface area contributed by atoms with Crippen LogP contribution in [-0.2, 0) is 5.33 Å². The first-order valence-electron chi connectivity index (χ1n) is 5.03. The zero-order chi connectivity index (χ0) is 11.5. The molecule has 0 radical (unpaired) electrons. The zero-order valence-electron chi connectivity index (χ0n) is 9.24. The van der Waals surface area contributed by atoms with Gasteiger partial charge in [-0.05, 0) is 19.4 Å². The van der Waals surface area contributed by atoms with Crippen molar-refractivity contribution in [3.8, 4) is 11.4 Å². The van der Waals surface area contributed by atoms with Crippen LogP contribution in [0, 0.1) is 13.8 Å². The molecule has 3 nitrogen and oxygen atoms in total. The molecule has 0 amide bonds. The van der Waals surface area contributed by atoms with E-state index in [1.807, 2.05) is 26.0 Å². The first-order chi connectivity index (χ1) is 7.69. The normalized spacial score (nSPS) is 10.4. The first-order valence-corrected chi connectivity index (χ1v) is 6.16. The van der Waals surface area contributed by atoms with Crippen LogP contribution in [0.3, 0.4) is 0 Å². The average Bonchev–Trinajstić information content (AvgIpc) is 2.28. The molecule has 2 aromatic rings. The second kappa shape index (κ2) is 4.70. The average molecular weight is 278 g/mol. The van der Waals surface area contributed by atoms with Crippen LogP contribution in [0.5, 0.6) is 0 Å². The third-order valence-corrected chi connectivity index (χ3v) is 2.87. The zero-order valence-corrected chi connectivity index (χ0v) is 10.8. The maximum atomic E-state index is 4.33. The van der Waals surface area contributed by atoms with E-state index in [-0.39, 0.29) is 0 Å². The maximum absolute atomic E-state index is 4.33. The lowest BCUT2D eigenvalue weighted by Crippen LogP contribution is -1.98. The maximum Gasteiger partial charge on any atom is 0.163 e. The van der Waals surface area contributed by atoms with Gasteiger partial charge in [-0.25, -0.2) is 15.0 Å². The Labute approximate surface area is 103 Å². The fourth-order valence-electron chi connectivity index (χ4n) is 1.49. The summed E-state index contributed by atoms with van der Waals surface area (Å²) in [4.78, 5) is 12.8. The molecule has 0 spiro atoms. The van der Waals surface area contributed by atoms with Crippen LogP contribution in [0.15, 0.2) is 24.3 Å². The summed E-state index contributed by atoms with van der Waals surface area (Å²) >= 11 is 3.42. The highest BCUT2D eigenvalue weighted by molar-refractivity contribution is 9.08. The van der Waals surface area contributed by atoms with Crippen LogP contribution >= 0.6 is 15.9 Å². The molecule has 0 atom stereocenters. The van der Waals surface area contributed by atoms with Gasteiger partial charge in [0.15, 0.2) is 5.82 Å². The van der Waals surface area contributed by atoms with Crippen molar-refractivity contribution in [2.75, 3.05) is 0 Å². The Kier molecular flexibility index (Phi) is 3.29. The molecule has 1 heterocycles. The van der Waals surface area contributed by atoms with Gasteiger partial charge >= 0.3 is 0 Å². The fraction of sp³-hybridized carbons (Fsp3) is 0.250. The minimum absolute atomic E-state index is 0.742. The van der Waals surface area contributed by atoms with Gasteiger partial charge < -0.3 is 0 Å². The quantitative estimate of drug-likeness (QED) is 0.792. The molecule has 1 aromatic heterocycles. The van der Waals surface area contributed by atoms with Crippen molar-refractivity contribution < 1.29 is 0 Å². The van der Waals surface area contributed by atoms with E-state index in [9.17, 15) is 0 Å². The number of aryl methyl sites for hydroxylation is 2. The van der Waals surface area contributed by atoms with Crippen LogP contribution in [0.4, 0.5) is 0 Å². The predicted octanol–water partition coefficient (Wildman–Crippen LogP) is 3.05. The van der Waals surface area contributed by atoms with Gasteiger partial charge in [-0.1, -0.05) is 40.2 Å². The highest BCUT2D eigenvalue weighted by Crippen LogP contribution is 2.16. The van der Waals surface area contributed by atoms with E-state index in [0.29, 0.717) is 0 Å². The molecule has 0 unspecified atom stereocenters. The van der Waals surface area contributed by atoms with Crippen LogP contribution in [0.25, 0.3) is 11.4 Å². The smallest absolute Gasteiger partial charge is 0.163 e. The minimum atomic E-state index is 0.742. The van der Waals surface area contributed by atoms with Gasteiger partial charge in [-0.3, -0.25) is 0 Å². The van der Waals surface area contributed by atoms with Gasteiger partial charge in [0.05, 0.1) is 0 Å². The Bertz CT molecular complexity index is 474. The number of benzene rings is 1. The van der Waals surface area contributed by atoms with Crippen LogP contribution in [0.2, 0.25) is 0 Å². The number of hydrogen-bond acceptors (Lipinski definition) is 3. The number of rotatable bonds is 2. The Morgan fingerprint density at radius 2 is 1.50 bits per heavy atom. The first kappa shape index (κ1) is 11.2. The van der Waals surface area contributed by atoms with E-state index in [0.717, 1.165) is 28.4 Å². The van der Waals surface area contributed by atoms with Gasteiger partial charge in [0.25, 0.3) is 0 Å². The second-order valence-electron chi connectivity index (χ2n) is 3.58. The van der Waals surface area contributed by atoms with Gasteiger partial charge in [-0.2, -0.15) is 0 Å². The number of alkyl halides is 1. The summed E-state index contributed by atoms with van der Waals surface area (Å²) in [5, 5.41) is 0.864. The number of nitrogens with zero attached hydrogens (tertiary/aromatic N) is 3. The molecule has 0 N–H and O–H groups in total. The van der Waals surface area contributed by atoms with Crippen LogP contribution in [0.1, 0.15) is 17.2 Å². The monoisotopic (exact) mass is 277 g/mol. The van der Waals surface area contributed by atoms with E-state index in [2.05, 4.69) is 43.0 Å². The Balaban J connectivity index is 2.42. The molecule has 1 aromatic carbocycles. The molecule has 0 saturated heterocycles. The molecule has 16 heavy (non-hydrogen) atoms. The van der Waals surface area contributed by atoms with Crippen molar-refractivity contribution in [1.29, 1.82) is 0 Å². The topological polar surface area (TPSA) is 38.7 Å². The van der Waals surface area contributed by atoms with E-state index in [4.69, 9.17) is 0 Å². The van der Waals surface area contributed by atoms with Crippen molar-refractivity contribution in [3.63, 3.8) is 0 Å². The van der Waals surface area contributed by atoms with Crippen molar-refractivity contribution >= 4 is 15.9 Å². The van der Waals surface area contributed by atoms with Crippen LogP contribution in [-0.4, -0.2) is 15.0 Å². The highest BCUT2D eigenvalue weighted by Gasteiger charge is 2.03. The summed E-state index contributed by atoms with van der Waals surface area (Å²) in [7, 11) is 0. The minimum Gasteiger partial charge on any atom is -0.219 e. The molecule has 0 aliphatic heterocycles. The van der Waals surface area contributed by atoms with E-state index >= 15 is 0 Å². The number of halogens is 1. The lowest BCUT2D eigenvalue weighted by atomic mass is 10.1. The molecule has 4 heteroatoms. The molecular formula is C12H12BrN3. The fourth-order valence-corrected chi connectivity index (χ4v) is 1.86. The summed E-state index contributed by atoms with van der Waals surface area (Å²) in [6, 6.07) is 8.20. The van der Waals surface area contributed by atoms with Crippen molar-refractivity contribution in [1.82, 2.24) is 15.0 Å². The third kappa shape index (κ3) is 2.44. The molecule has 0 aliphatic carbocycles. The molecule has 82 valence electrons. The largest absolute Gasteiger partial charge is 0.219 e. The predicted molar refractivity (Wildman–Crippen MR) is 67.4 cm³/mol. The lowest BCUT2D eigenvalue weighted by Gasteiger charge is -2.03. The summed E-state index contributed by atoms with van der Waals surface area (Å²) in [6.45, 7) is 3.76. The lowest BCUT2D eigenvalue weighted by molar-refractivity contribution is 0.928. The van der Waals surface area contributed by atoms with Crippen LogP contribution < -0.4 is 0 Å². The van der Waals surface area contributed by atoms with Gasteiger partial charge in [0.1, 0.15) is 11.6 Å². The van der Waals surface area contributed by atoms with Crippen molar-refractivity contribution in [2.45, 2.75) is 19.2 Å². The van der Waals surface area contributed by atoms with E-state index in [1.54, 1.807) is 0 Å². The SMILES string of the molecule is Cc1nc(C)nc(-c2ccc(CBr)cc2)n1. The number of hydrogen-bond donors (Lipinski definition) is 0. The Morgan fingerprint density at radius 1 is 0.938 bits per heavy atom. The van der Waals surface area contributed by atoms with Crippen molar-refractivity contribution in [2.24, 2.45) is 0 Å². The van der Waals surface area contributed by atoms with Gasteiger partial charge in [0.2, 0.25) is 0 Å². The van der Waals surface area contributed by atoms with Gasteiger partial charge in [0, 0.05) is 10.9 Å². The summed E-state index contributed by atoms with van der Waals surface area (Å²) < 4.78 is 0. The highest BCUT2D eigenvalue weighted by atomic mass is 79.9. The second-order valence-corrected chi connectivity index (χ2v) is 4.14. The molecule has 0 bridgehead atoms. The molecule has 0 fully saturated rings. The number of aromatic nitrogens is 3. The summed E-state index contributed by atoms with van der Waals surface area (Å²) in [5.41, 5.74) is 2.27. The standard InChI is InChI=1S/C12H12BrN3/c1-8-14-9(2)16-12(15-8)11-5-3-10(7-13)4-6-11/h3-6H,7H2,1-2H3. The summed E-state index contributed by atoms with van der Waals surface area (Å²) in [6.07, 6.45) is 0. The van der Waals surface area contributed by atoms with E-state index in [1.165, 1.54) is 5.56 Å².